The number of carbonyl (C=O) groups is 1. The van der Waals surface area contributed by atoms with Gasteiger partial charge in [0, 0.05) is 24.4 Å². The molecule has 1 aliphatic rings. The van der Waals surface area contributed by atoms with E-state index in [0.29, 0.717) is 17.1 Å². The molecule has 1 aromatic carbocycles. The number of ether oxygens (including phenoxy) is 2. The summed E-state index contributed by atoms with van der Waals surface area (Å²) in [4.78, 5) is 13.8. The highest BCUT2D eigenvalue weighted by Crippen LogP contribution is 2.29. The van der Waals surface area contributed by atoms with Gasteiger partial charge in [-0.2, -0.15) is 0 Å². The van der Waals surface area contributed by atoms with Crippen molar-refractivity contribution in [1.82, 2.24) is 4.90 Å². The molecule has 1 aliphatic heterocycles. The van der Waals surface area contributed by atoms with Gasteiger partial charge in [0.1, 0.15) is 0 Å². The second kappa shape index (κ2) is 5.93. The number of hydrogen-bond donors (Lipinski definition) is 0. The molecule has 1 saturated heterocycles. The summed E-state index contributed by atoms with van der Waals surface area (Å²) in [5.74, 6) is 0.931. The van der Waals surface area contributed by atoms with Crippen LogP contribution in [0.2, 0.25) is 0 Å². The molecule has 1 amide bonds. The molecule has 0 saturated carbocycles. The van der Waals surface area contributed by atoms with Crippen molar-refractivity contribution >= 4 is 15.7 Å². The third-order valence-electron chi connectivity index (χ3n) is 3.68. The van der Waals surface area contributed by atoms with E-state index in [9.17, 15) is 13.2 Å². The van der Waals surface area contributed by atoms with Gasteiger partial charge in [0.2, 0.25) is 0 Å². The number of carbonyl (C=O) groups excluding carboxylic acids is 1. The van der Waals surface area contributed by atoms with Crippen LogP contribution in [-0.4, -0.2) is 57.5 Å². The van der Waals surface area contributed by atoms with Crippen molar-refractivity contribution in [3.63, 3.8) is 0 Å². The van der Waals surface area contributed by atoms with Gasteiger partial charge in [0.15, 0.2) is 21.3 Å². The Hall–Kier alpha value is -1.76. The van der Waals surface area contributed by atoms with E-state index in [2.05, 4.69) is 0 Å². The Morgan fingerprint density at radius 3 is 2.38 bits per heavy atom. The van der Waals surface area contributed by atoms with Crippen molar-refractivity contribution in [1.29, 1.82) is 0 Å². The number of nitrogens with zero attached hydrogens (tertiary/aromatic N) is 1. The summed E-state index contributed by atoms with van der Waals surface area (Å²) < 4.78 is 33.7. The normalized spacial score (nSPS) is 15.5. The topological polar surface area (TPSA) is 72.9 Å². The van der Waals surface area contributed by atoms with Crippen LogP contribution in [0.4, 0.5) is 0 Å². The van der Waals surface area contributed by atoms with Gasteiger partial charge in [-0.25, -0.2) is 8.42 Å². The molecule has 0 aliphatic carbocycles. The van der Waals surface area contributed by atoms with Gasteiger partial charge in [-0.1, -0.05) is 6.92 Å². The largest absolute Gasteiger partial charge is 0.493 e. The first kappa shape index (κ1) is 15.6. The van der Waals surface area contributed by atoms with Crippen LogP contribution in [0.3, 0.4) is 0 Å². The van der Waals surface area contributed by atoms with E-state index in [1.54, 1.807) is 25.1 Å². The molecule has 0 N–H and O–H groups in total. The molecule has 1 fully saturated rings. The average molecular weight is 313 g/mol. The number of likely N-dealkylation sites (tertiary alicyclic amines) is 1. The minimum Gasteiger partial charge on any atom is -0.493 e. The molecule has 21 heavy (non-hydrogen) atoms. The number of sulfone groups is 1. The Kier molecular flexibility index (Phi) is 4.41. The van der Waals surface area contributed by atoms with Crippen LogP contribution in [0.25, 0.3) is 0 Å². The summed E-state index contributed by atoms with van der Waals surface area (Å²) in [5, 5.41) is -0.438. The van der Waals surface area contributed by atoms with Crippen molar-refractivity contribution in [3.8, 4) is 11.5 Å². The average Bonchev–Trinajstić information content (AvgIpc) is 2.44. The Morgan fingerprint density at radius 1 is 1.24 bits per heavy atom. The summed E-state index contributed by atoms with van der Waals surface area (Å²) in [6.45, 7) is 2.13. The first-order chi connectivity index (χ1) is 9.92. The molecule has 0 atom stereocenters. The quantitative estimate of drug-likeness (QED) is 0.809. The van der Waals surface area contributed by atoms with Crippen molar-refractivity contribution in [2.24, 2.45) is 0 Å². The van der Waals surface area contributed by atoms with Crippen LogP contribution < -0.4 is 9.47 Å². The zero-order valence-electron chi connectivity index (χ0n) is 12.3. The van der Waals surface area contributed by atoms with E-state index in [-0.39, 0.29) is 24.7 Å². The molecule has 2 rings (SSSR count). The lowest BCUT2D eigenvalue weighted by atomic mass is 10.1. The van der Waals surface area contributed by atoms with Gasteiger partial charge >= 0.3 is 0 Å². The van der Waals surface area contributed by atoms with Crippen LogP contribution in [0.5, 0.6) is 11.5 Å². The second-order valence-corrected chi connectivity index (χ2v) is 7.42. The predicted octanol–water partition coefficient (Wildman–Crippen LogP) is 0.963. The summed E-state index contributed by atoms with van der Waals surface area (Å²) in [6.07, 6.45) is 0. The molecule has 7 heteroatoms. The molecule has 0 spiro atoms. The summed E-state index contributed by atoms with van der Waals surface area (Å²) in [5.41, 5.74) is 0.458. The third-order valence-corrected chi connectivity index (χ3v) is 5.79. The smallest absolute Gasteiger partial charge is 0.254 e. The minimum atomic E-state index is -3.07. The van der Waals surface area contributed by atoms with Crippen LogP contribution >= 0.6 is 0 Å². The standard InChI is InChI=1S/C14H19NO5S/c1-4-21(17,18)11-8-15(9-11)14(16)10-5-6-12(19-2)13(7-10)20-3/h5-7,11H,4,8-9H2,1-3H3. The fraction of sp³-hybridized carbons (Fsp3) is 0.500. The van der Waals surface area contributed by atoms with Crippen LogP contribution in [0.1, 0.15) is 17.3 Å². The van der Waals surface area contributed by atoms with Crippen molar-refractivity contribution in [2.45, 2.75) is 12.2 Å². The van der Waals surface area contributed by atoms with Crippen LogP contribution in [0, 0.1) is 0 Å². The van der Waals surface area contributed by atoms with Crippen LogP contribution in [-0.2, 0) is 9.84 Å². The Labute approximate surface area is 124 Å². The second-order valence-electron chi connectivity index (χ2n) is 4.85. The molecule has 1 heterocycles. The highest BCUT2D eigenvalue weighted by atomic mass is 32.2. The maximum Gasteiger partial charge on any atom is 0.254 e. The van der Waals surface area contributed by atoms with E-state index in [1.807, 2.05) is 0 Å². The Balaban J connectivity index is 2.09. The van der Waals surface area contributed by atoms with Crippen LogP contribution in [0.15, 0.2) is 18.2 Å². The van der Waals surface area contributed by atoms with E-state index in [1.165, 1.54) is 19.1 Å². The molecular formula is C14H19NO5S. The number of rotatable bonds is 5. The SMILES string of the molecule is CCS(=O)(=O)C1CN(C(=O)c2ccc(OC)c(OC)c2)C1. The molecular weight excluding hydrogens is 294 g/mol. The zero-order valence-corrected chi connectivity index (χ0v) is 13.1. The van der Waals surface area contributed by atoms with Gasteiger partial charge in [-0.15, -0.1) is 0 Å². The van der Waals surface area contributed by atoms with Gasteiger partial charge in [-0.05, 0) is 18.2 Å². The molecule has 0 bridgehead atoms. The Morgan fingerprint density at radius 2 is 1.86 bits per heavy atom. The number of methoxy groups -OCH3 is 2. The third kappa shape index (κ3) is 2.97. The summed E-state index contributed by atoms with van der Waals surface area (Å²) in [6, 6.07) is 4.90. The lowest BCUT2D eigenvalue weighted by Crippen LogP contribution is -2.57. The Bertz CT molecular complexity index is 635. The van der Waals surface area contributed by atoms with Gasteiger partial charge in [0.05, 0.1) is 19.5 Å². The van der Waals surface area contributed by atoms with E-state index in [4.69, 9.17) is 9.47 Å². The van der Waals surface area contributed by atoms with Crippen molar-refractivity contribution in [2.75, 3.05) is 33.1 Å². The number of benzene rings is 1. The lowest BCUT2D eigenvalue weighted by molar-refractivity contribution is 0.0658. The van der Waals surface area contributed by atoms with Gasteiger partial charge in [-0.3, -0.25) is 4.79 Å². The maximum absolute atomic E-state index is 12.3. The first-order valence-corrected chi connectivity index (χ1v) is 8.37. The monoisotopic (exact) mass is 313 g/mol. The molecule has 0 radical (unpaired) electrons. The van der Waals surface area contributed by atoms with E-state index >= 15 is 0 Å². The predicted molar refractivity (Wildman–Crippen MR) is 78.7 cm³/mol. The first-order valence-electron chi connectivity index (χ1n) is 6.65. The van der Waals surface area contributed by atoms with E-state index in [0.717, 1.165) is 0 Å². The molecule has 0 aromatic heterocycles. The minimum absolute atomic E-state index is 0.107. The van der Waals surface area contributed by atoms with Gasteiger partial charge < -0.3 is 14.4 Å². The maximum atomic E-state index is 12.3. The fourth-order valence-electron chi connectivity index (χ4n) is 2.22. The van der Waals surface area contributed by atoms with Gasteiger partial charge in [0.25, 0.3) is 5.91 Å². The lowest BCUT2D eigenvalue weighted by Gasteiger charge is -2.38. The zero-order chi connectivity index (χ0) is 15.6. The van der Waals surface area contributed by atoms with Crippen molar-refractivity contribution in [3.05, 3.63) is 23.8 Å². The van der Waals surface area contributed by atoms with E-state index < -0.39 is 15.1 Å². The molecule has 116 valence electrons. The fourth-order valence-corrected chi connectivity index (χ4v) is 3.50. The highest BCUT2D eigenvalue weighted by Gasteiger charge is 2.39. The number of amides is 1. The number of hydrogen-bond acceptors (Lipinski definition) is 5. The molecule has 1 aromatic rings. The molecule has 6 nitrogen and oxygen atoms in total. The summed E-state index contributed by atoms with van der Waals surface area (Å²) in [7, 11) is -0.0498. The molecule has 0 unspecified atom stereocenters. The summed E-state index contributed by atoms with van der Waals surface area (Å²) >= 11 is 0. The van der Waals surface area contributed by atoms with Crippen molar-refractivity contribution < 1.29 is 22.7 Å². The highest BCUT2D eigenvalue weighted by molar-refractivity contribution is 7.92.